The monoisotopic (exact) mass is 753 g/mol. The molecule has 2 heterocycles. The standard InChI is InChI=1S/C36H52ClN3O10S/c1-11-20(3)15-23-16-24(31(37)25(17-23)46-9)40(8)30(42)18-28(49-33(43)22(5)39(7)29(41)13-14-51)35(6)32(50-35)21(4)26-19-36(45,27(12-2)47-10)38-34(44)48-26/h11-12,16-17,21-22,26-28,32,45,51H,2,13-15,18-19H2,1,3-10H3,(H,38,44)/b20-11+/t21-,22+,26+,27-,28+,32+,35?,36+/m1/s1. The van der Waals surface area contributed by atoms with Crippen molar-refractivity contribution in [3.8, 4) is 5.75 Å². The Balaban J connectivity index is 1.94. The molecule has 2 aliphatic rings. The molecule has 8 atom stereocenters. The van der Waals surface area contributed by atoms with Gasteiger partial charge in [-0.2, -0.15) is 12.6 Å². The fourth-order valence-corrected chi connectivity index (χ4v) is 6.77. The number of alkyl carbamates (subject to hydrolysis) is 1. The summed E-state index contributed by atoms with van der Waals surface area (Å²) in [5, 5.41) is 13.9. The number of thiol groups is 1. The third-order valence-corrected chi connectivity index (χ3v) is 10.5. The number of benzene rings is 1. The number of methoxy groups -OCH3 is 2. The summed E-state index contributed by atoms with van der Waals surface area (Å²) in [4.78, 5) is 55.4. The minimum absolute atomic E-state index is 0.0645. The van der Waals surface area contributed by atoms with E-state index in [2.05, 4.69) is 24.5 Å². The molecule has 0 radical (unpaired) electrons. The van der Waals surface area contributed by atoms with Crippen molar-refractivity contribution in [3.63, 3.8) is 0 Å². The van der Waals surface area contributed by atoms with Crippen LogP contribution in [0.2, 0.25) is 5.02 Å². The minimum atomic E-state index is -1.81. The number of epoxide rings is 1. The van der Waals surface area contributed by atoms with E-state index in [-0.39, 0.29) is 30.2 Å². The Morgan fingerprint density at radius 3 is 2.47 bits per heavy atom. The van der Waals surface area contributed by atoms with Gasteiger partial charge in [0.05, 0.1) is 25.3 Å². The first-order valence-corrected chi connectivity index (χ1v) is 17.8. The number of rotatable bonds is 17. The Morgan fingerprint density at radius 1 is 1.24 bits per heavy atom. The second-order valence-corrected chi connectivity index (χ2v) is 14.2. The summed E-state index contributed by atoms with van der Waals surface area (Å²) in [5.41, 5.74) is -0.641. The van der Waals surface area contributed by atoms with Gasteiger partial charge >= 0.3 is 12.1 Å². The van der Waals surface area contributed by atoms with E-state index in [0.29, 0.717) is 23.6 Å². The Kier molecular flexibility index (Phi) is 14.4. The van der Waals surface area contributed by atoms with Crippen molar-refractivity contribution >= 4 is 53.8 Å². The van der Waals surface area contributed by atoms with Gasteiger partial charge in [0.25, 0.3) is 0 Å². The van der Waals surface area contributed by atoms with E-state index in [0.717, 1.165) is 11.1 Å². The van der Waals surface area contributed by atoms with Crippen LogP contribution in [0.3, 0.4) is 0 Å². The van der Waals surface area contributed by atoms with E-state index in [1.807, 2.05) is 32.1 Å². The molecule has 2 saturated heterocycles. The van der Waals surface area contributed by atoms with Crippen LogP contribution in [0.25, 0.3) is 0 Å². The molecule has 0 spiro atoms. The molecule has 3 rings (SSSR count). The van der Waals surface area contributed by atoms with Gasteiger partial charge in [0.1, 0.15) is 40.7 Å². The number of cyclic esters (lactones) is 1. The Hall–Kier alpha value is -3.30. The molecule has 51 heavy (non-hydrogen) atoms. The first-order valence-electron chi connectivity index (χ1n) is 16.8. The Bertz CT molecular complexity index is 1510. The molecule has 3 amide bonds. The highest BCUT2D eigenvalue weighted by molar-refractivity contribution is 7.80. The number of nitrogens with zero attached hydrogens (tertiary/aromatic N) is 2. The molecule has 1 aromatic rings. The topological polar surface area (TPSA) is 156 Å². The van der Waals surface area contributed by atoms with Crippen LogP contribution in [0, 0.1) is 5.92 Å². The molecule has 2 N–H and O–H groups in total. The summed E-state index contributed by atoms with van der Waals surface area (Å²) < 4.78 is 28.6. The lowest BCUT2D eigenvalue weighted by atomic mass is 9.83. The largest absolute Gasteiger partial charge is 0.495 e. The number of allylic oxidation sites excluding steroid dienone is 2. The highest BCUT2D eigenvalue weighted by Gasteiger charge is 2.64. The molecule has 2 aliphatic heterocycles. The normalized spacial score (nSPS) is 25.3. The lowest BCUT2D eigenvalue weighted by Gasteiger charge is -2.42. The molecule has 0 saturated carbocycles. The number of carbonyl (C=O) groups is 4. The highest BCUT2D eigenvalue weighted by atomic mass is 35.5. The number of carbonyl (C=O) groups excluding carboxylic acids is 4. The molecule has 15 heteroatoms. The number of hydrogen-bond donors (Lipinski definition) is 3. The zero-order valence-corrected chi connectivity index (χ0v) is 32.5. The lowest BCUT2D eigenvalue weighted by molar-refractivity contribution is -0.161. The quantitative estimate of drug-likeness (QED) is 0.0898. The smallest absolute Gasteiger partial charge is 0.409 e. The van der Waals surface area contributed by atoms with Gasteiger partial charge in [-0.25, -0.2) is 9.59 Å². The van der Waals surface area contributed by atoms with E-state index in [1.165, 1.54) is 44.1 Å². The van der Waals surface area contributed by atoms with Crippen LogP contribution >= 0.6 is 24.2 Å². The third-order valence-electron chi connectivity index (χ3n) is 9.89. The van der Waals surface area contributed by atoms with E-state index in [9.17, 15) is 24.3 Å². The number of aliphatic hydroxyl groups is 1. The summed E-state index contributed by atoms with van der Waals surface area (Å²) in [5.74, 6) is -1.32. The van der Waals surface area contributed by atoms with Crippen LogP contribution in [0.15, 0.2) is 36.4 Å². The molecule has 1 unspecified atom stereocenters. The molecule has 0 aliphatic carbocycles. The van der Waals surface area contributed by atoms with Gasteiger partial charge in [-0.1, -0.05) is 36.2 Å². The summed E-state index contributed by atoms with van der Waals surface area (Å²) in [6.45, 7) is 12.6. The second kappa shape index (κ2) is 17.5. The van der Waals surface area contributed by atoms with E-state index < -0.39 is 65.7 Å². The van der Waals surface area contributed by atoms with E-state index in [1.54, 1.807) is 20.9 Å². The van der Waals surface area contributed by atoms with Gasteiger partial charge in [-0.15, -0.1) is 6.58 Å². The molecule has 0 bridgehead atoms. The zero-order chi connectivity index (χ0) is 38.4. The van der Waals surface area contributed by atoms with Gasteiger partial charge in [-0.05, 0) is 57.6 Å². The van der Waals surface area contributed by atoms with Crippen molar-refractivity contribution in [2.75, 3.05) is 39.0 Å². The van der Waals surface area contributed by atoms with Crippen molar-refractivity contribution in [1.29, 1.82) is 0 Å². The summed E-state index contributed by atoms with van der Waals surface area (Å²) in [6, 6.07) is 2.64. The average Bonchev–Trinajstić information content (AvgIpc) is 3.79. The number of amides is 3. The fraction of sp³-hybridized carbons (Fsp3) is 0.611. The number of halogens is 1. The van der Waals surface area contributed by atoms with Crippen LogP contribution in [0.1, 0.15) is 59.4 Å². The predicted octanol–water partition coefficient (Wildman–Crippen LogP) is 4.47. The third kappa shape index (κ3) is 9.58. The SMILES string of the molecule is C=C[C@@H](OC)[C@@]1(O)C[C@@H]([C@@H](C)[C@@H]2OC2(C)[C@H](CC(=O)N(C)c2cc(C/C(C)=C/C)cc(OC)c2Cl)OC(=O)[C@H](C)N(C)C(=O)CCS)OC(=O)N1. The second-order valence-electron chi connectivity index (χ2n) is 13.4. The Labute approximate surface area is 311 Å². The maximum absolute atomic E-state index is 14.1. The number of likely N-dealkylation sites (N-methyl/N-ethyl adjacent to an activating group) is 1. The first kappa shape index (κ1) is 42.1. The van der Waals surface area contributed by atoms with E-state index >= 15 is 0 Å². The zero-order valence-electron chi connectivity index (χ0n) is 30.9. The van der Waals surface area contributed by atoms with Gasteiger partial charge in [-0.3, -0.25) is 14.9 Å². The highest BCUT2D eigenvalue weighted by Crippen LogP contribution is 2.49. The maximum Gasteiger partial charge on any atom is 0.409 e. The maximum atomic E-state index is 14.1. The molecule has 2 fully saturated rings. The summed E-state index contributed by atoms with van der Waals surface area (Å²) in [6.07, 6.45) is -0.731. The van der Waals surface area contributed by atoms with Crippen molar-refractivity contribution in [2.45, 2.75) is 102 Å². The van der Waals surface area contributed by atoms with Crippen LogP contribution in [-0.4, -0.2) is 110 Å². The lowest BCUT2D eigenvalue weighted by Crippen LogP contribution is -2.63. The van der Waals surface area contributed by atoms with Crippen molar-refractivity contribution in [1.82, 2.24) is 10.2 Å². The molecule has 0 aromatic heterocycles. The van der Waals surface area contributed by atoms with Crippen LogP contribution in [0.5, 0.6) is 5.75 Å². The predicted molar refractivity (Wildman–Crippen MR) is 196 cm³/mol. The van der Waals surface area contributed by atoms with Crippen molar-refractivity contribution in [2.24, 2.45) is 5.92 Å². The van der Waals surface area contributed by atoms with Gasteiger partial charge in [0.15, 0.2) is 5.72 Å². The van der Waals surface area contributed by atoms with Crippen molar-refractivity contribution < 1.29 is 48.0 Å². The number of esters is 1. The first-order chi connectivity index (χ1) is 23.9. The summed E-state index contributed by atoms with van der Waals surface area (Å²) >= 11 is 10.8. The van der Waals surface area contributed by atoms with Crippen LogP contribution < -0.4 is 15.0 Å². The molecule has 1 aromatic carbocycles. The fourth-order valence-electron chi connectivity index (χ4n) is 6.27. The number of ether oxygens (including phenoxy) is 5. The van der Waals surface area contributed by atoms with E-state index in [4.69, 9.17) is 35.3 Å². The van der Waals surface area contributed by atoms with Gasteiger partial charge in [0, 0.05) is 40.0 Å². The number of hydrogen-bond acceptors (Lipinski definition) is 11. The molecule has 13 nitrogen and oxygen atoms in total. The molecular formula is C36H52ClN3O10S. The van der Waals surface area contributed by atoms with Crippen LogP contribution in [0.4, 0.5) is 10.5 Å². The van der Waals surface area contributed by atoms with Gasteiger partial charge < -0.3 is 38.6 Å². The number of anilines is 1. The Morgan fingerprint density at radius 2 is 1.90 bits per heavy atom. The molecular weight excluding hydrogens is 702 g/mol. The summed E-state index contributed by atoms with van der Waals surface area (Å²) in [7, 11) is 5.93. The van der Waals surface area contributed by atoms with Crippen LogP contribution in [-0.2, 0) is 39.8 Å². The minimum Gasteiger partial charge on any atom is -0.495 e. The molecule has 284 valence electrons. The van der Waals surface area contributed by atoms with Crippen molar-refractivity contribution in [3.05, 3.63) is 47.0 Å². The van der Waals surface area contributed by atoms with Gasteiger partial charge in [0.2, 0.25) is 11.8 Å². The number of nitrogens with one attached hydrogen (secondary N) is 1. The average molecular weight is 754 g/mol.